The number of amides is 2. The van der Waals surface area contributed by atoms with Crippen molar-refractivity contribution in [2.45, 2.75) is 58.5 Å². The number of benzene rings is 2. The Morgan fingerprint density at radius 2 is 1.63 bits per heavy atom. The first-order valence-corrected chi connectivity index (χ1v) is 12.3. The summed E-state index contributed by atoms with van der Waals surface area (Å²) in [6.07, 6.45) is 0.764. The lowest BCUT2D eigenvalue weighted by atomic mass is 9.76. The summed E-state index contributed by atoms with van der Waals surface area (Å²) in [5.74, 6) is -1.72. The molecule has 0 radical (unpaired) electrons. The first-order valence-electron chi connectivity index (χ1n) is 12.3. The van der Waals surface area contributed by atoms with Crippen LogP contribution >= 0.6 is 0 Å². The van der Waals surface area contributed by atoms with Crippen LogP contribution in [0.2, 0.25) is 0 Å². The van der Waals surface area contributed by atoms with Crippen LogP contribution in [0, 0.1) is 11.3 Å². The Hall–Kier alpha value is -3.35. The summed E-state index contributed by atoms with van der Waals surface area (Å²) < 4.78 is 5.64. The second-order valence-corrected chi connectivity index (χ2v) is 10.6. The van der Waals surface area contributed by atoms with Gasteiger partial charge in [-0.25, -0.2) is 9.59 Å². The molecule has 1 aliphatic carbocycles. The smallest absolute Gasteiger partial charge is 0.407 e. The molecule has 1 fully saturated rings. The number of carboxylic acids is 1. The number of hydrogen-bond acceptors (Lipinski definition) is 4. The molecule has 2 atom stereocenters. The molecule has 0 aromatic heterocycles. The number of hydrogen-bond donors (Lipinski definition) is 2. The van der Waals surface area contributed by atoms with Crippen LogP contribution in [0.25, 0.3) is 11.1 Å². The zero-order valence-corrected chi connectivity index (χ0v) is 20.8. The van der Waals surface area contributed by atoms with Crippen molar-refractivity contribution in [2.75, 3.05) is 13.2 Å². The highest BCUT2D eigenvalue weighted by atomic mass is 16.5. The van der Waals surface area contributed by atoms with E-state index >= 15 is 0 Å². The predicted octanol–water partition coefficient (Wildman–Crippen LogP) is 4.65. The van der Waals surface area contributed by atoms with Crippen molar-refractivity contribution in [3.63, 3.8) is 0 Å². The highest BCUT2D eigenvalue weighted by molar-refractivity contribution is 5.90. The van der Waals surface area contributed by atoms with Gasteiger partial charge in [-0.05, 0) is 46.4 Å². The standard InChI is InChI=1S/C28H34N2O5/c1-17(2)23(25(31)30-15-9-14-28(3,4)24(30)26(32)33)29-27(34)35-16-22-20-12-7-5-10-18(20)19-11-6-8-13-21(19)22/h5-8,10-13,17,22-24H,9,14-16H2,1-4H3,(H,29,34)(H,32,33)/t23-,24?/m0/s1. The highest BCUT2D eigenvalue weighted by Crippen LogP contribution is 2.44. The van der Waals surface area contributed by atoms with E-state index in [0.717, 1.165) is 35.1 Å². The van der Waals surface area contributed by atoms with E-state index in [1.807, 2.05) is 64.1 Å². The van der Waals surface area contributed by atoms with Gasteiger partial charge in [-0.3, -0.25) is 4.79 Å². The zero-order valence-electron chi connectivity index (χ0n) is 20.8. The molecule has 1 heterocycles. The molecule has 1 saturated heterocycles. The normalized spacial score (nSPS) is 19.6. The minimum Gasteiger partial charge on any atom is -0.480 e. The number of likely N-dealkylation sites (tertiary alicyclic amines) is 1. The van der Waals surface area contributed by atoms with E-state index in [2.05, 4.69) is 17.4 Å². The van der Waals surface area contributed by atoms with E-state index in [4.69, 9.17) is 4.74 Å². The number of nitrogens with zero attached hydrogens (tertiary/aromatic N) is 1. The van der Waals surface area contributed by atoms with Crippen LogP contribution in [0.1, 0.15) is 57.6 Å². The molecular weight excluding hydrogens is 444 g/mol. The Balaban J connectivity index is 1.47. The molecule has 1 unspecified atom stereocenters. The largest absolute Gasteiger partial charge is 0.480 e. The molecule has 186 valence electrons. The third kappa shape index (κ3) is 4.77. The lowest BCUT2D eigenvalue weighted by Crippen LogP contribution is -2.61. The van der Waals surface area contributed by atoms with E-state index in [-0.39, 0.29) is 24.3 Å². The maximum atomic E-state index is 13.5. The number of carbonyl (C=O) groups excluding carboxylic acids is 2. The Labute approximate surface area is 206 Å². The Morgan fingerprint density at radius 3 is 2.17 bits per heavy atom. The molecule has 0 saturated carbocycles. The van der Waals surface area contributed by atoms with E-state index in [9.17, 15) is 19.5 Å². The molecule has 2 aromatic rings. The average Bonchev–Trinajstić information content (AvgIpc) is 3.13. The Kier molecular flexibility index (Phi) is 6.88. The van der Waals surface area contributed by atoms with Crippen LogP contribution < -0.4 is 5.32 Å². The predicted molar refractivity (Wildman–Crippen MR) is 133 cm³/mol. The summed E-state index contributed by atoms with van der Waals surface area (Å²) in [5.41, 5.74) is 3.95. The minimum absolute atomic E-state index is 0.0827. The van der Waals surface area contributed by atoms with Crippen molar-refractivity contribution in [1.82, 2.24) is 10.2 Å². The minimum atomic E-state index is -1.02. The van der Waals surface area contributed by atoms with Gasteiger partial charge in [0.25, 0.3) is 0 Å². The molecule has 7 nitrogen and oxygen atoms in total. The topological polar surface area (TPSA) is 95.9 Å². The quantitative estimate of drug-likeness (QED) is 0.630. The lowest BCUT2D eigenvalue weighted by molar-refractivity contribution is -0.160. The average molecular weight is 479 g/mol. The summed E-state index contributed by atoms with van der Waals surface area (Å²) in [7, 11) is 0. The number of alkyl carbamates (subject to hydrolysis) is 1. The number of nitrogens with one attached hydrogen (secondary N) is 1. The molecule has 0 bridgehead atoms. The van der Waals surface area contributed by atoms with Crippen molar-refractivity contribution in [2.24, 2.45) is 11.3 Å². The summed E-state index contributed by atoms with van der Waals surface area (Å²) in [6.45, 7) is 7.90. The van der Waals surface area contributed by atoms with E-state index in [0.29, 0.717) is 6.54 Å². The van der Waals surface area contributed by atoms with Gasteiger partial charge in [0.1, 0.15) is 18.7 Å². The summed E-state index contributed by atoms with van der Waals surface area (Å²) >= 11 is 0. The third-order valence-electron chi connectivity index (χ3n) is 7.34. The Morgan fingerprint density at radius 1 is 1.06 bits per heavy atom. The summed E-state index contributed by atoms with van der Waals surface area (Å²) in [5, 5.41) is 12.6. The van der Waals surface area contributed by atoms with Gasteiger partial charge in [0, 0.05) is 12.5 Å². The SMILES string of the molecule is CC(C)[C@H](NC(=O)OCC1c2ccccc2-c2ccccc21)C(=O)N1CCCC(C)(C)C1C(=O)O. The van der Waals surface area contributed by atoms with Crippen molar-refractivity contribution < 1.29 is 24.2 Å². The molecule has 35 heavy (non-hydrogen) atoms. The van der Waals surface area contributed by atoms with Crippen molar-refractivity contribution in [3.05, 3.63) is 59.7 Å². The fraction of sp³-hybridized carbons (Fsp3) is 0.464. The number of ether oxygens (including phenoxy) is 1. The van der Waals surface area contributed by atoms with E-state index < -0.39 is 29.6 Å². The molecule has 0 spiro atoms. The van der Waals surface area contributed by atoms with Gasteiger partial charge in [-0.15, -0.1) is 0 Å². The number of aliphatic carboxylic acids is 1. The molecule has 7 heteroatoms. The van der Waals surface area contributed by atoms with Gasteiger partial charge >= 0.3 is 12.1 Å². The van der Waals surface area contributed by atoms with Crippen molar-refractivity contribution >= 4 is 18.0 Å². The van der Waals surface area contributed by atoms with Crippen molar-refractivity contribution in [1.29, 1.82) is 0 Å². The fourth-order valence-corrected chi connectivity index (χ4v) is 5.56. The van der Waals surface area contributed by atoms with E-state index in [1.165, 1.54) is 4.90 Å². The van der Waals surface area contributed by atoms with Crippen LogP contribution in [-0.2, 0) is 14.3 Å². The van der Waals surface area contributed by atoms with Crippen LogP contribution in [0.3, 0.4) is 0 Å². The molecule has 2 N–H and O–H groups in total. The second kappa shape index (κ2) is 9.72. The number of fused-ring (bicyclic) bond motifs is 3. The first kappa shape index (κ1) is 24.8. The number of rotatable bonds is 6. The molecule has 4 rings (SSSR count). The maximum Gasteiger partial charge on any atom is 0.407 e. The molecule has 2 amide bonds. The van der Waals surface area contributed by atoms with Gasteiger partial charge in [0.05, 0.1) is 0 Å². The molecule has 2 aliphatic rings. The Bertz CT molecular complexity index is 1080. The molecule has 1 aliphatic heterocycles. The third-order valence-corrected chi connectivity index (χ3v) is 7.34. The van der Waals surface area contributed by atoms with Gasteiger partial charge in [-0.2, -0.15) is 0 Å². The zero-order chi connectivity index (χ0) is 25.3. The number of piperidine rings is 1. The second-order valence-electron chi connectivity index (χ2n) is 10.6. The number of carboxylic acid groups (broad SMARTS) is 1. The van der Waals surface area contributed by atoms with Crippen molar-refractivity contribution in [3.8, 4) is 11.1 Å². The van der Waals surface area contributed by atoms with Crippen LogP contribution in [-0.4, -0.2) is 53.2 Å². The van der Waals surface area contributed by atoms with Gasteiger partial charge in [-0.1, -0.05) is 76.2 Å². The number of carbonyl (C=O) groups is 3. The van der Waals surface area contributed by atoms with Crippen LogP contribution in [0.4, 0.5) is 4.79 Å². The molecule has 2 aromatic carbocycles. The van der Waals surface area contributed by atoms with Gasteiger partial charge < -0.3 is 20.1 Å². The monoisotopic (exact) mass is 478 g/mol. The highest BCUT2D eigenvalue weighted by Gasteiger charge is 2.46. The fourth-order valence-electron chi connectivity index (χ4n) is 5.56. The maximum absolute atomic E-state index is 13.5. The first-order chi connectivity index (χ1) is 16.6. The molecular formula is C28H34N2O5. The van der Waals surface area contributed by atoms with E-state index in [1.54, 1.807) is 0 Å². The van der Waals surface area contributed by atoms with Gasteiger partial charge in [0.15, 0.2) is 0 Å². The van der Waals surface area contributed by atoms with Gasteiger partial charge in [0.2, 0.25) is 5.91 Å². The lowest BCUT2D eigenvalue weighted by Gasteiger charge is -2.45. The summed E-state index contributed by atoms with van der Waals surface area (Å²) in [4.78, 5) is 39.8. The van der Waals surface area contributed by atoms with Crippen LogP contribution in [0.15, 0.2) is 48.5 Å². The summed E-state index contributed by atoms with van der Waals surface area (Å²) in [6, 6.07) is 14.4. The van der Waals surface area contributed by atoms with Crippen LogP contribution in [0.5, 0.6) is 0 Å².